The predicted molar refractivity (Wildman–Crippen MR) is 89.6 cm³/mol. The average molecular weight is 315 g/mol. The molecule has 5 nitrogen and oxygen atoms in total. The number of likely N-dealkylation sites (tertiary alicyclic amines) is 1. The van der Waals surface area contributed by atoms with Crippen molar-refractivity contribution in [3.63, 3.8) is 0 Å². The Kier molecular flexibility index (Phi) is 4.01. The molecule has 0 N–H and O–H groups in total. The molecule has 3 rings (SSSR count). The molecule has 1 saturated heterocycles. The van der Waals surface area contributed by atoms with Crippen molar-refractivity contribution in [2.24, 2.45) is 0 Å². The quantitative estimate of drug-likeness (QED) is 0.721. The first-order chi connectivity index (χ1) is 10.4. The lowest BCUT2D eigenvalue weighted by atomic mass is 9.95. The highest BCUT2D eigenvalue weighted by Crippen LogP contribution is 2.19. The van der Waals surface area contributed by atoms with Crippen LogP contribution in [0.5, 0.6) is 0 Å². The summed E-state index contributed by atoms with van der Waals surface area (Å²) in [5.41, 5.74) is 3.97. The molecule has 1 aromatic heterocycles. The summed E-state index contributed by atoms with van der Waals surface area (Å²) >= 11 is 0. The Bertz CT molecular complexity index is 754. The number of hydrogen-bond donors (Lipinski definition) is 0. The molecule has 0 amide bonds. The van der Waals surface area contributed by atoms with Crippen molar-refractivity contribution in [3.05, 3.63) is 42.1 Å². The van der Waals surface area contributed by atoms with E-state index in [2.05, 4.69) is 35.1 Å². The summed E-state index contributed by atoms with van der Waals surface area (Å²) in [5, 5.41) is 8.28. The number of benzene rings is 1. The summed E-state index contributed by atoms with van der Waals surface area (Å²) in [5.74, 6) is 0. The van der Waals surface area contributed by atoms with Gasteiger partial charge in [-0.15, -0.1) is 0 Å². The number of rotatable bonds is 4. The van der Waals surface area contributed by atoms with E-state index >= 15 is 0 Å². The molecule has 114 valence electrons. The van der Waals surface area contributed by atoms with E-state index < -0.39 is 9.84 Å². The normalized spacial score (nSPS) is 16.4. The van der Waals surface area contributed by atoms with Crippen LogP contribution in [0.1, 0.15) is 5.69 Å². The highest BCUT2D eigenvalue weighted by atomic mass is 32.2. The number of nitrogens with zero attached hydrogens (tertiary/aromatic N) is 3. The zero-order chi connectivity index (χ0) is 15.7. The lowest BCUT2D eigenvalue weighted by molar-refractivity contribution is 0.173. The third-order valence-corrected chi connectivity index (χ3v) is 5.49. The van der Waals surface area contributed by atoms with Gasteiger partial charge in [0.05, 0.1) is 16.6 Å². The second kappa shape index (κ2) is 5.81. The van der Waals surface area contributed by atoms with E-state index in [1.807, 2.05) is 24.3 Å². The summed E-state index contributed by atoms with van der Waals surface area (Å²) in [6, 6.07) is 12.1. The molecule has 1 fully saturated rings. The zero-order valence-electron chi connectivity index (χ0n) is 12.7. The van der Waals surface area contributed by atoms with E-state index in [-0.39, 0.29) is 5.25 Å². The van der Waals surface area contributed by atoms with Gasteiger partial charge in [0.2, 0.25) is 0 Å². The monoisotopic (exact) mass is 315 g/mol. The van der Waals surface area contributed by atoms with Crippen molar-refractivity contribution in [1.82, 2.24) is 15.1 Å². The van der Waals surface area contributed by atoms with Crippen molar-refractivity contribution in [3.8, 4) is 11.3 Å². The van der Waals surface area contributed by atoms with Gasteiger partial charge in [0.25, 0.3) is 0 Å². The molecule has 0 saturated carbocycles. The fourth-order valence-corrected chi connectivity index (χ4v) is 3.44. The van der Waals surface area contributed by atoms with Crippen LogP contribution < -0.4 is 5.46 Å². The van der Waals surface area contributed by atoms with Crippen LogP contribution in [0.4, 0.5) is 0 Å². The van der Waals surface area contributed by atoms with Gasteiger partial charge >= 0.3 is 0 Å². The van der Waals surface area contributed by atoms with Gasteiger partial charge in [0.15, 0.2) is 9.84 Å². The first kappa shape index (κ1) is 15.2. The zero-order valence-corrected chi connectivity index (χ0v) is 13.5. The molecular weight excluding hydrogens is 297 g/mol. The molecule has 0 aliphatic carbocycles. The second-order valence-electron chi connectivity index (χ2n) is 5.92. The molecule has 0 unspecified atom stereocenters. The number of sulfone groups is 1. The van der Waals surface area contributed by atoms with Crippen LogP contribution in [0.2, 0.25) is 0 Å². The van der Waals surface area contributed by atoms with Crippen LogP contribution in [0.25, 0.3) is 11.3 Å². The Balaban J connectivity index is 1.62. The van der Waals surface area contributed by atoms with Crippen LogP contribution in [0.15, 0.2) is 36.4 Å². The Morgan fingerprint density at radius 1 is 1.14 bits per heavy atom. The lowest BCUT2D eigenvalue weighted by Gasteiger charge is -2.37. The van der Waals surface area contributed by atoms with Gasteiger partial charge in [0.1, 0.15) is 7.85 Å². The largest absolute Gasteiger partial charge is 0.295 e. The highest BCUT2D eigenvalue weighted by Gasteiger charge is 2.34. The van der Waals surface area contributed by atoms with E-state index in [1.165, 1.54) is 11.7 Å². The molecule has 0 spiro atoms. The van der Waals surface area contributed by atoms with E-state index in [9.17, 15) is 8.42 Å². The maximum Gasteiger partial charge on any atom is 0.152 e. The maximum atomic E-state index is 11.4. The fraction of sp³-hybridized carbons (Fsp3) is 0.333. The van der Waals surface area contributed by atoms with Gasteiger partial charge in [-0.25, -0.2) is 8.42 Å². The van der Waals surface area contributed by atoms with Crippen LogP contribution in [-0.4, -0.2) is 56.0 Å². The lowest BCUT2D eigenvalue weighted by Crippen LogP contribution is -2.53. The van der Waals surface area contributed by atoms with Crippen LogP contribution in [0.3, 0.4) is 0 Å². The van der Waals surface area contributed by atoms with Gasteiger partial charge in [-0.05, 0) is 12.1 Å². The van der Waals surface area contributed by atoms with Crippen molar-refractivity contribution < 1.29 is 8.42 Å². The third kappa shape index (κ3) is 3.36. The van der Waals surface area contributed by atoms with Crippen LogP contribution in [0, 0.1) is 0 Å². The molecule has 1 aliphatic rings. The summed E-state index contributed by atoms with van der Waals surface area (Å²) in [7, 11) is -0.864. The van der Waals surface area contributed by atoms with Gasteiger partial charge < -0.3 is 0 Å². The molecule has 22 heavy (non-hydrogen) atoms. The first-order valence-corrected chi connectivity index (χ1v) is 9.18. The molecule has 2 aromatic rings. The topological polar surface area (TPSA) is 63.2 Å². The van der Waals surface area contributed by atoms with Gasteiger partial charge in [0, 0.05) is 31.5 Å². The second-order valence-corrected chi connectivity index (χ2v) is 8.25. The minimum Gasteiger partial charge on any atom is -0.295 e. The van der Waals surface area contributed by atoms with Crippen LogP contribution >= 0.6 is 0 Å². The summed E-state index contributed by atoms with van der Waals surface area (Å²) in [6.07, 6.45) is 1.30. The average Bonchev–Trinajstić information content (AvgIpc) is 2.43. The molecule has 0 bridgehead atoms. The van der Waals surface area contributed by atoms with Crippen molar-refractivity contribution in [1.29, 1.82) is 0 Å². The summed E-state index contributed by atoms with van der Waals surface area (Å²) < 4.78 is 22.8. The fourth-order valence-electron chi connectivity index (χ4n) is 2.47. The molecule has 2 heterocycles. The SMILES string of the molecule is Bc1ccc(-c2ccc(CN3CC(S(C)(=O)=O)C3)nn2)cc1. The van der Waals surface area contributed by atoms with Crippen LogP contribution in [-0.2, 0) is 16.4 Å². The molecule has 0 atom stereocenters. The summed E-state index contributed by atoms with van der Waals surface area (Å²) in [6.45, 7) is 1.81. The Morgan fingerprint density at radius 2 is 1.82 bits per heavy atom. The minimum absolute atomic E-state index is 0.229. The first-order valence-electron chi connectivity index (χ1n) is 7.23. The molecule has 0 radical (unpaired) electrons. The maximum absolute atomic E-state index is 11.4. The van der Waals surface area contributed by atoms with Gasteiger partial charge in [-0.1, -0.05) is 29.7 Å². The van der Waals surface area contributed by atoms with E-state index in [1.54, 1.807) is 0 Å². The van der Waals surface area contributed by atoms with Gasteiger partial charge in [-0.2, -0.15) is 10.2 Å². The molecule has 1 aliphatic heterocycles. The predicted octanol–water partition coefficient (Wildman–Crippen LogP) is -0.369. The highest BCUT2D eigenvalue weighted by molar-refractivity contribution is 7.91. The smallest absolute Gasteiger partial charge is 0.152 e. The Hall–Kier alpha value is -1.73. The van der Waals surface area contributed by atoms with E-state index in [4.69, 9.17) is 0 Å². The Labute approximate surface area is 131 Å². The number of hydrogen-bond acceptors (Lipinski definition) is 5. The molecular formula is C15H18BN3O2S. The van der Waals surface area contributed by atoms with Crippen molar-refractivity contribution in [2.45, 2.75) is 11.8 Å². The molecule has 7 heteroatoms. The van der Waals surface area contributed by atoms with Gasteiger partial charge in [-0.3, -0.25) is 4.90 Å². The van der Waals surface area contributed by atoms with Crippen molar-refractivity contribution in [2.75, 3.05) is 19.3 Å². The number of aromatic nitrogens is 2. The van der Waals surface area contributed by atoms with E-state index in [0.29, 0.717) is 19.6 Å². The standard InChI is InChI=1S/C15H18BN3O2S/c1-22(20,21)14-9-19(10-14)8-13-6-7-15(18-17-13)11-2-4-12(16)5-3-11/h2-7,14H,8-10,16H2,1H3. The third-order valence-electron chi connectivity index (χ3n) is 3.98. The minimum atomic E-state index is -2.92. The Morgan fingerprint density at radius 3 is 2.36 bits per heavy atom. The summed E-state index contributed by atoms with van der Waals surface area (Å²) in [4.78, 5) is 2.07. The van der Waals surface area contributed by atoms with Crippen molar-refractivity contribution >= 4 is 23.1 Å². The molecule has 1 aromatic carbocycles. The van der Waals surface area contributed by atoms with E-state index in [0.717, 1.165) is 17.0 Å².